The van der Waals surface area contributed by atoms with Gasteiger partial charge < -0.3 is 9.84 Å². The topological polar surface area (TPSA) is 131 Å². The molecule has 1 fully saturated rings. The Kier molecular flexibility index (Phi) is 4.44. The molecular weight excluding hydrogens is 298 g/mol. The van der Waals surface area contributed by atoms with Gasteiger partial charge in [0.15, 0.2) is 0 Å². The van der Waals surface area contributed by atoms with Crippen LogP contribution in [0, 0.1) is 0 Å². The highest BCUT2D eigenvalue weighted by molar-refractivity contribution is 7.89. The number of rotatable bonds is 4. The van der Waals surface area contributed by atoms with Crippen molar-refractivity contribution in [3.63, 3.8) is 0 Å². The van der Waals surface area contributed by atoms with E-state index in [2.05, 4.69) is 15.4 Å². The number of aromatic nitrogens is 2. The van der Waals surface area contributed by atoms with Crippen LogP contribution < -0.4 is 11.3 Å². The molecule has 0 spiro atoms. The van der Waals surface area contributed by atoms with Gasteiger partial charge in [0.2, 0.25) is 16.0 Å². The maximum atomic E-state index is 12.6. The molecule has 2 heterocycles. The molecule has 1 aliphatic rings. The molecule has 0 amide bonds. The van der Waals surface area contributed by atoms with Gasteiger partial charge in [-0.1, -0.05) is 0 Å². The molecular formula is C11H19N5O4S. The van der Waals surface area contributed by atoms with E-state index in [1.807, 2.05) is 0 Å². The zero-order valence-electron chi connectivity index (χ0n) is 11.9. The van der Waals surface area contributed by atoms with Crippen molar-refractivity contribution in [2.24, 2.45) is 5.84 Å². The molecule has 21 heavy (non-hydrogen) atoms. The number of ether oxygens (including phenoxy) is 1. The lowest BCUT2D eigenvalue weighted by atomic mass is 10.1. The fraction of sp³-hybridized carbons (Fsp3) is 0.636. The zero-order valence-corrected chi connectivity index (χ0v) is 12.7. The van der Waals surface area contributed by atoms with Crippen molar-refractivity contribution >= 4 is 16.0 Å². The largest absolute Gasteiger partial charge is 0.394 e. The molecule has 118 valence electrons. The van der Waals surface area contributed by atoms with E-state index in [4.69, 9.17) is 10.6 Å². The second kappa shape index (κ2) is 5.81. The van der Waals surface area contributed by atoms with Gasteiger partial charge in [0, 0.05) is 13.1 Å². The lowest BCUT2D eigenvalue weighted by Crippen LogP contribution is -2.55. The van der Waals surface area contributed by atoms with E-state index in [1.54, 1.807) is 13.8 Å². The van der Waals surface area contributed by atoms with E-state index < -0.39 is 21.7 Å². The molecule has 10 heteroatoms. The summed E-state index contributed by atoms with van der Waals surface area (Å²) in [6.07, 6.45) is 1.82. The van der Waals surface area contributed by atoms with Gasteiger partial charge in [-0.05, 0) is 13.8 Å². The van der Waals surface area contributed by atoms with Crippen LogP contribution in [0.4, 0.5) is 5.95 Å². The summed E-state index contributed by atoms with van der Waals surface area (Å²) < 4.78 is 32.1. The molecule has 1 saturated heterocycles. The minimum atomic E-state index is -3.75. The Bertz CT molecular complexity index is 589. The van der Waals surface area contributed by atoms with Crippen LogP contribution in [-0.2, 0) is 14.8 Å². The van der Waals surface area contributed by atoms with E-state index in [0.717, 1.165) is 0 Å². The minimum Gasteiger partial charge on any atom is -0.394 e. The standard InChI is InChI=1S/C11H19N5O4S/c1-11(2)7-16(5-8(6-17)20-11)21(18,19)9-3-13-10(15-12)14-4-9/h3-4,8,17H,5-7,12H2,1-2H3,(H,13,14,15). The summed E-state index contributed by atoms with van der Waals surface area (Å²) >= 11 is 0. The number of aliphatic hydroxyl groups is 1. The molecule has 9 nitrogen and oxygen atoms in total. The quantitative estimate of drug-likeness (QED) is 0.472. The summed E-state index contributed by atoms with van der Waals surface area (Å²) in [5, 5.41) is 9.25. The van der Waals surface area contributed by atoms with Crippen molar-refractivity contribution in [3.05, 3.63) is 12.4 Å². The van der Waals surface area contributed by atoms with E-state index in [-0.39, 0.29) is 30.5 Å². The van der Waals surface area contributed by atoms with Gasteiger partial charge >= 0.3 is 0 Å². The van der Waals surface area contributed by atoms with Gasteiger partial charge in [-0.15, -0.1) is 0 Å². The molecule has 1 atom stereocenters. The third kappa shape index (κ3) is 3.47. The fourth-order valence-electron chi connectivity index (χ4n) is 2.19. The second-order valence-electron chi connectivity index (χ2n) is 5.37. The summed E-state index contributed by atoms with van der Waals surface area (Å²) in [6.45, 7) is 3.56. The molecule has 0 saturated carbocycles. The summed E-state index contributed by atoms with van der Waals surface area (Å²) in [6, 6.07) is 0. The fourth-order valence-corrected chi connectivity index (χ4v) is 3.71. The van der Waals surface area contributed by atoms with Crippen LogP contribution in [0.15, 0.2) is 17.3 Å². The normalized spacial score (nSPS) is 23.0. The first-order valence-electron chi connectivity index (χ1n) is 6.36. The monoisotopic (exact) mass is 317 g/mol. The average Bonchev–Trinajstić information content (AvgIpc) is 2.45. The highest BCUT2D eigenvalue weighted by atomic mass is 32.2. The van der Waals surface area contributed by atoms with Gasteiger partial charge in [0.05, 0.1) is 30.7 Å². The van der Waals surface area contributed by atoms with Gasteiger partial charge in [-0.2, -0.15) is 4.31 Å². The van der Waals surface area contributed by atoms with Crippen LogP contribution in [0.1, 0.15) is 13.8 Å². The van der Waals surface area contributed by atoms with Gasteiger partial charge in [0.25, 0.3) is 0 Å². The third-order valence-corrected chi connectivity index (χ3v) is 4.81. The van der Waals surface area contributed by atoms with Crippen LogP contribution in [0.2, 0.25) is 0 Å². The molecule has 0 bridgehead atoms. The van der Waals surface area contributed by atoms with Gasteiger partial charge in [0.1, 0.15) is 4.90 Å². The number of nitrogens with two attached hydrogens (primary N) is 1. The summed E-state index contributed by atoms with van der Waals surface area (Å²) in [4.78, 5) is 7.57. The van der Waals surface area contributed by atoms with Crippen molar-refractivity contribution in [1.29, 1.82) is 0 Å². The molecule has 2 rings (SSSR count). The number of morpholine rings is 1. The molecule has 0 aliphatic carbocycles. The summed E-state index contributed by atoms with van der Waals surface area (Å²) in [5.74, 6) is 5.27. The van der Waals surface area contributed by atoms with Crippen molar-refractivity contribution in [1.82, 2.24) is 14.3 Å². The number of sulfonamides is 1. The van der Waals surface area contributed by atoms with Crippen LogP contribution in [0.5, 0.6) is 0 Å². The SMILES string of the molecule is CC1(C)CN(S(=O)(=O)c2cnc(NN)nc2)CC(CO)O1. The maximum absolute atomic E-state index is 12.6. The van der Waals surface area contributed by atoms with E-state index in [1.165, 1.54) is 16.7 Å². The van der Waals surface area contributed by atoms with E-state index >= 15 is 0 Å². The Morgan fingerprint density at radius 2 is 2.14 bits per heavy atom. The Labute approximate surface area is 123 Å². The number of hydrazine groups is 1. The Morgan fingerprint density at radius 1 is 1.52 bits per heavy atom. The molecule has 1 unspecified atom stereocenters. The molecule has 1 aromatic heterocycles. The number of anilines is 1. The summed E-state index contributed by atoms with van der Waals surface area (Å²) in [7, 11) is -3.75. The molecule has 1 aromatic rings. The highest BCUT2D eigenvalue weighted by Gasteiger charge is 2.39. The van der Waals surface area contributed by atoms with Crippen LogP contribution in [-0.4, -0.2) is 59.2 Å². The first kappa shape index (κ1) is 16.0. The van der Waals surface area contributed by atoms with Crippen LogP contribution >= 0.6 is 0 Å². The Balaban J connectivity index is 2.29. The number of hydrogen-bond donors (Lipinski definition) is 3. The molecule has 1 aliphatic heterocycles. The maximum Gasteiger partial charge on any atom is 0.246 e. The zero-order chi connectivity index (χ0) is 15.7. The van der Waals surface area contributed by atoms with Crippen molar-refractivity contribution in [2.45, 2.75) is 30.4 Å². The molecule has 4 N–H and O–H groups in total. The predicted octanol–water partition coefficient (Wildman–Crippen LogP) is -1.08. The number of nitrogens with zero attached hydrogens (tertiary/aromatic N) is 3. The van der Waals surface area contributed by atoms with Crippen LogP contribution in [0.3, 0.4) is 0 Å². The van der Waals surface area contributed by atoms with Gasteiger partial charge in [-0.3, -0.25) is 5.43 Å². The Morgan fingerprint density at radius 3 is 2.67 bits per heavy atom. The number of aliphatic hydroxyl groups excluding tert-OH is 1. The van der Waals surface area contributed by atoms with Crippen LogP contribution in [0.25, 0.3) is 0 Å². The average molecular weight is 317 g/mol. The predicted molar refractivity (Wildman–Crippen MR) is 74.6 cm³/mol. The lowest BCUT2D eigenvalue weighted by molar-refractivity contribution is -0.131. The lowest BCUT2D eigenvalue weighted by Gasteiger charge is -2.41. The number of nitrogens with one attached hydrogen (secondary N) is 1. The van der Waals surface area contributed by atoms with Crippen molar-refractivity contribution in [3.8, 4) is 0 Å². The first-order chi connectivity index (χ1) is 9.78. The molecule has 0 aromatic carbocycles. The van der Waals surface area contributed by atoms with E-state index in [0.29, 0.717) is 0 Å². The minimum absolute atomic E-state index is 0.0316. The van der Waals surface area contributed by atoms with Gasteiger partial charge in [-0.25, -0.2) is 24.2 Å². The Hall–Kier alpha value is -1.33. The van der Waals surface area contributed by atoms with Crippen molar-refractivity contribution in [2.75, 3.05) is 25.1 Å². The number of hydrogen-bond acceptors (Lipinski definition) is 8. The summed E-state index contributed by atoms with van der Waals surface area (Å²) in [5.41, 5.74) is 1.55. The second-order valence-corrected chi connectivity index (χ2v) is 7.30. The number of nitrogen functional groups attached to an aromatic ring is 1. The van der Waals surface area contributed by atoms with Crippen molar-refractivity contribution < 1.29 is 18.3 Å². The first-order valence-corrected chi connectivity index (χ1v) is 7.80. The highest BCUT2D eigenvalue weighted by Crippen LogP contribution is 2.26. The van der Waals surface area contributed by atoms with E-state index in [9.17, 15) is 13.5 Å². The molecule has 0 radical (unpaired) electrons. The smallest absolute Gasteiger partial charge is 0.246 e. The third-order valence-electron chi connectivity index (χ3n) is 3.05.